The molecule has 2 aromatic carbocycles. The Morgan fingerprint density at radius 3 is 2.57 bits per heavy atom. The van der Waals surface area contributed by atoms with Crippen LogP contribution in [0.2, 0.25) is 0 Å². The van der Waals surface area contributed by atoms with Gasteiger partial charge in [0, 0.05) is 21.7 Å². The van der Waals surface area contributed by atoms with Gasteiger partial charge in [-0.05, 0) is 85.9 Å². The van der Waals surface area contributed by atoms with Crippen molar-refractivity contribution in [3.63, 3.8) is 0 Å². The number of carbonyl (C=O) groups is 2. The minimum absolute atomic E-state index is 0.0244. The molecule has 2 aliphatic carbocycles. The molecule has 1 aromatic heterocycles. The summed E-state index contributed by atoms with van der Waals surface area (Å²) in [5.74, 6) is 2.21. The molecular weight excluding hydrogens is 508 g/mol. The zero-order chi connectivity index (χ0) is 25.5. The Morgan fingerprint density at radius 2 is 1.81 bits per heavy atom. The molecule has 192 valence electrons. The minimum atomic E-state index is -0.392. The first-order valence-corrected chi connectivity index (χ1v) is 14.4. The normalized spacial score (nSPS) is 25.3. The van der Waals surface area contributed by atoms with Crippen molar-refractivity contribution in [3.05, 3.63) is 74.2 Å². The molecule has 6 rings (SSSR count). The maximum atomic E-state index is 12.4. The van der Waals surface area contributed by atoms with E-state index in [2.05, 4.69) is 22.4 Å². The Bertz CT molecular complexity index is 1360. The number of nitrogens with one attached hydrogen (secondary N) is 2. The summed E-state index contributed by atoms with van der Waals surface area (Å²) < 4.78 is 10.7. The number of H-pyrrole nitrogens is 1. The second-order valence-corrected chi connectivity index (χ2v) is 12.1. The summed E-state index contributed by atoms with van der Waals surface area (Å²) in [5.41, 5.74) is 2.22. The van der Waals surface area contributed by atoms with Crippen LogP contribution in [0.25, 0.3) is 0 Å². The summed E-state index contributed by atoms with van der Waals surface area (Å²) in [6, 6.07) is 14.5. The predicted molar refractivity (Wildman–Crippen MR) is 144 cm³/mol. The van der Waals surface area contributed by atoms with Crippen LogP contribution < -0.4 is 14.9 Å². The number of ether oxygens (including phenoxy) is 2. The minimum Gasteiger partial charge on any atom is -0.484 e. The fraction of sp³-hybridized carbons (Fsp3) is 0.393. The highest BCUT2D eigenvalue weighted by molar-refractivity contribution is 8.00. The van der Waals surface area contributed by atoms with Crippen molar-refractivity contribution in [2.45, 2.75) is 42.4 Å². The van der Waals surface area contributed by atoms with E-state index in [1.54, 1.807) is 31.2 Å². The molecule has 1 aliphatic heterocycles. The average Bonchev–Trinajstić information content (AvgIpc) is 3.61. The van der Waals surface area contributed by atoms with Crippen LogP contribution in [-0.2, 0) is 9.53 Å². The number of carbonyl (C=O) groups excluding carboxylic acids is 2. The summed E-state index contributed by atoms with van der Waals surface area (Å²) in [6.07, 6.45) is 3.90. The third-order valence-corrected chi connectivity index (χ3v) is 10.4. The maximum absolute atomic E-state index is 12.4. The van der Waals surface area contributed by atoms with Gasteiger partial charge in [0.1, 0.15) is 5.75 Å². The Labute approximate surface area is 223 Å². The van der Waals surface area contributed by atoms with Crippen LogP contribution in [0.1, 0.15) is 52.9 Å². The lowest BCUT2D eigenvalue weighted by atomic mass is 9.75. The molecule has 4 unspecified atom stereocenters. The Kier molecular flexibility index (Phi) is 6.58. The first kappa shape index (κ1) is 24.3. The third-order valence-electron chi connectivity index (χ3n) is 7.75. The van der Waals surface area contributed by atoms with Gasteiger partial charge in [-0.3, -0.25) is 9.59 Å². The van der Waals surface area contributed by atoms with E-state index in [0.29, 0.717) is 34.8 Å². The third kappa shape index (κ3) is 4.70. The SMILES string of the molecule is CCOC(=O)c1ccc(NC(=O)COc2ccc([C@H]3c4sc(=O)[nH]c4SC4C5CCC(C5)C43)cc2)cc1. The van der Waals surface area contributed by atoms with Crippen molar-refractivity contribution in [1.29, 1.82) is 0 Å². The molecule has 3 aromatic rings. The van der Waals surface area contributed by atoms with Gasteiger partial charge in [0.25, 0.3) is 5.91 Å². The number of hydrogen-bond acceptors (Lipinski definition) is 7. The lowest BCUT2D eigenvalue weighted by Crippen LogP contribution is -2.33. The lowest BCUT2D eigenvalue weighted by molar-refractivity contribution is -0.118. The van der Waals surface area contributed by atoms with E-state index >= 15 is 0 Å². The topological polar surface area (TPSA) is 97.5 Å². The molecule has 7 nitrogen and oxygen atoms in total. The quantitative estimate of drug-likeness (QED) is 0.399. The number of thiazole rings is 1. The molecule has 0 radical (unpaired) electrons. The highest BCUT2D eigenvalue weighted by Crippen LogP contribution is 2.63. The van der Waals surface area contributed by atoms with Crippen LogP contribution >= 0.6 is 23.1 Å². The number of rotatable bonds is 7. The Morgan fingerprint density at radius 1 is 1.05 bits per heavy atom. The largest absolute Gasteiger partial charge is 0.484 e. The molecule has 9 heteroatoms. The molecule has 0 saturated heterocycles. The van der Waals surface area contributed by atoms with Gasteiger partial charge in [-0.2, -0.15) is 0 Å². The van der Waals surface area contributed by atoms with Gasteiger partial charge in [-0.15, -0.1) is 11.8 Å². The van der Waals surface area contributed by atoms with Crippen molar-refractivity contribution in [3.8, 4) is 5.75 Å². The molecular formula is C28H28N2O5S2. The van der Waals surface area contributed by atoms with Crippen molar-refractivity contribution < 1.29 is 19.1 Å². The smallest absolute Gasteiger partial charge is 0.338 e. The van der Waals surface area contributed by atoms with Gasteiger partial charge < -0.3 is 19.8 Å². The van der Waals surface area contributed by atoms with Crippen molar-refractivity contribution in [2.75, 3.05) is 18.5 Å². The fourth-order valence-corrected chi connectivity index (χ4v) is 9.14. The number of fused-ring (bicyclic) bond motifs is 6. The van der Waals surface area contributed by atoms with E-state index in [9.17, 15) is 14.4 Å². The van der Waals surface area contributed by atoms with Gasteiger partial charge in [0.15, 0.2) is 6.61 Å². The van der Waals surface area contributed by atoms with E-state index in [1.807, 2.05) is 23.9 Å². The lowest BCUT2D eigenvalue weighted by Gasteiger charge is -2.40. The van der Waals surface area contributed by atoms with Crippen LogP contribution in [0.15, 0.2) is 58.4 Å². The molecule has 1 amide bonds. The summed E-state index contributed by atoms with van der Waals surface area (Å²) in [4.78, 5) is 40.7. The molecule has 5 atom stereocenters. The Hall–Kier alpha value is -3.04. The van der Waals surface area contributed by atoms with Crippen LogP contribution in [-0.4, -0.2) is 35.3 Å². The summed E-state index contributed by atoms with van der Waals surface area (Å²) in [7, 11) is 0. The first-order valence-electron chi connectivity index (χ1n) is 12.7. The van der Waals surface area contributed by atoms with E-state index in [4.69, 9.17) is 9.47 Å². The molecule has 3 aliphatic rings. The summed E-state index contributed by atoms with van der Waals surface area (Å²) in [5, 5.41) is 4.41. The number of amides is 1. The molecule has 2 heterocycles. The molecule has 2 saturated carbocycles. The number of anilines is 1. The molecule has 37 heavy (non-hydrogen) atoms. The summed E-state index contributed by atoms with van der Waals surface area (Å²) >= 11 is 3.24. The monoisotopic (exact) mass is 536 g/mol. The molecule has 2 N–H and O–H groups in total. The van der Waals surface area contributed by atoms with Crippen LogP contribution in [0.4, 0.5) is 5.69 Å². The second kappa shape index (κ2) is 10.0. The highest BCUT2D eigenvalue weighted by Gasteiger charge is 2.54. The number of thioether (sulfide) groups is 1. The summed E-state index contributed by atoms with van der Waals surface area (Å²) in [6.45, 7) is 1.94. The number of hydrogen-bond donors (Lipinski definition) is 2. The zero-order valence-electron chi connectivity index (χ0n) is 20.4. The average molecular weight is 537 g/mol. The van der Waals surface area contributed by atoms with Gasteiger partial charge in [-0.1, -0.05) is 23.5 Å². The van der Waals surface area contributed by atoms with Gasteiger partial charge in [-0.25, -0.2) is 4.79 Å². The molecule has 2 fully saturated rings. The number of aromatic nitrogens is 1. The van der Waals surface area contributed by atoms with E-state index in [0.717, 1.165) is 16.9 Å². The zero-order valence-corrected chi connectivity index (χ0v) is 22.0. The van der Waals surface area contributed by atoms with Crippen molar-refractivity contribution >= 4 is 40.7 Å². The molecule has 0 spiro atoms. The van der Waals surface area contributed by atoms with Crippen LogP contribution in [0.3, 0.4) is 0 Å². The maximum Gasteiger partial charge on any atom is 0.338 e. The number of benzene rings is 2. The number of esters is 1. The van der Waals surface area contributed by atoms with Crippen molar-refractivity contribution in [2.24, 2.45) is 17.8 Å². The van der Waals surface area contributed by atoms with Crippen molar-refractivity contribution in [1.82, 2.24) is 4.98 Å². The standard InChI is InChI=1S/C28H28N2O5S2/c1-2-34-27(32)16-5-9-19(10-6-16)29-21(31)14-35-20-11-7-15(8-12-20)22-23-17-3-4-18(13-17)24(23)36-26-25(22)37-28(33)30-26/h5-12,17-18,22-24H,2-4,13-14H2,1H3,(H,29,31)(H,30,33)/t17?,18?,22-,23?,24?/m1/s1. The van der Waals surface area contributed by atoms with Gasteiger partial charge in [0.05, 0.1) is 17.2 Å². The molecule has 2 bridgehead atoms. The van der Waals surface area contributed by atoms with E-state index in [1.165, 1.54) is 41.0 Å². The predicted octanol–water partition coefficient (Wildman–Crippen LogP) is 5.28. The Balaban J connectivity index is 1.11. The van der Waals surface area contributed by atoms with Crippen LogP contribution in [0.5, 0.6) is 5.75 Å². The van der Waals surface area contributed by atoms with Gasteiger partial charge >= 0.3 is 10.8 Å². The van der Waals surface area contributed by atoms with Gasteiger partial charge in [0.2, 0.25) is 0 Å². The van der Waals surface area contributed by atoms with Crippen LogP contribution in [0, 0.1) is 17.8 Å². The van der Waals surface area contributed by atoms with E-state index < -0.39 is 5.97 Å². The highest BCUT2D eigenvalue weighted by atomic mass is 32.2. The fourth-order valence-electron chi connectivity index (χ4n) is 6.24. The second-order valence-electron chi connectivity index (χ2n) is 9.88. The van der Waals surface area contributed by atoms with E-state index in [-0.39, 0.29) is 23.3 Å². The first-order chi connectivity index (χ1) is 18.0. The number of aromatic amines is 1.